The van der Waals surface area contributed by atoms with Crippen LogP contribution < -0.4 is 10.5 Å². The normalized spacial score (nSPS) is 11.2. The Kier molecular flexibility index (Phi) is 4.55. The molecule has 0 radical (unpaired) electrons. The molecule has 0 amide bonds. The lowest BCUT2D eigenvalue weighted by Crippen LogP contribution is -2.12. The second kappa shape index (κ2) is 6.04. The van der Waals surface area contributed by atoms with Crippen LogP contribution in [0.4, 0.5) is 0 Å². The number of rotatable bonds is 3. The molecule has 2 aromatic carbocycles. The molecule has 0 fully saturated rings. The zero-order valence-corrected chi connectivity index (χ0v) is 13.9. The third kappa shape index (κ3) is 3.96. The molecule has 0 bridgehead atoms. The van der Waals surface area contributed by atoms with Crippen molar-refractivity contribution in [2.75, 3.05) is 0 Å². The molecule has 0 aliphatic rings. The van der Waals surface area contributed by atoms with Crippen LogP contribution in [0.3, 0.4) is 0 Å². The summed E-state index contributed by atoms with van der Waals surface area (Å²) in [6.07, 6.45) is 0. The van der Waals surface area contributed by atoms with E-state index in [-0.39, 0.29) is 10.4 Å². The third-order valence-corrected chi connectivity index (χ3v) is 3.59. The van der Waals surface area contributed by atoms with Gasteiger partial charge in [-0.1, -0.05) is 56.7 Å². The van der Waals surface area contributed by atoms with Gasteiger partial charge in [0, 0.05) is 11.1 Å². The van der Waals surface area contributed by atoms with E-state index in [0.717, 1.165) is 5.75 Å². The first kappa shape index (κ1) is 15.8. The molecule has 2 aromatic rings. The summed E-state index contributed by atoms with van der Waals surface area (Å²) >= 11 is 11.1. The van der Waals surface area contributed by atoms with Gasteiger partial charge in [-0.3, -0.25) is 0 Å². The van der Waals surface area contributed by atoms with Gasteiger partial charge in [0.05, 0.1) is 5.56 Å². The van der Waals surface area contributed by atoms with Gasteiger partial charge in [0.2, 0.25) is 0 Å². The summed E-state index contributed by atoms with van der Waals surface area (Å²) in [6.45, 7) is 6.48. The molecular formula is C17H18ClNOS. The zero-order chi connectivity index (χ0) is 15.6. The molecule has 21 heavy (non-hydrogen) atoms. The number of thiocarbonyl (C=S) groups is 1. The highest BCUT2D eigenvalue weighted by molar-refractivity contribution is 7.80. The molecule has 2 N–H and O–H groups in total. The quantitative estimate of drug-likeness (QED) is 0.803. The summed E-state index contributed by atoms with van der Waals surface area (Å²) in [5.41, 5.74) is 7.65. The number of ether oxygens (including phenoxy) is 1. The van der Waals surface area contributed by atoms with Gasteiger partial charge in [-0.2, -0.15) is 0 Å². The summed E-state index contributed by atoms with van der Waals surface area (Å²) < 4.78 is 5.94. The molecule has 110 valence electrons. The minimum Gasteiger partial charge on any atom is -0.457 e. The van der Waals surface area contributed by atoms with Crippen molar-refractivity contribution in [3.05, 3.63) is 58.6 Å². The average molecular weight is 320 g/mol. The SMILES string of the molecule is CC(C)(C)c1cccc(Oc2cc(Cl)ccc2C(N)=S)c1. The van der Waals surface area contributed by atoms with Crippen molar-refractivity contribution in [3.63, 3.8) is 0 Å². The fraction of sp³-hybridized carbons (Fsp3) is 0.235. The van der Waals surface area contributed by atoms with Crippen LogP contribution in [-0.4, -0.2) is 4.99 Å². The van der Waals surface area contributed by atoms with Gasteiger partial charge >= 0.3 is 0 Å². The maximum absolute atomic E-state index is 6.03. The van der Waals surface area contributed by atoms with Crippen molar-refractivity contribution in [1.82, 2.24) is 0 Å². The van der Waals surface area contributed by atoms with Crippen LogP contribution in [0.2, 0.25) is 5.02 Å². The van der Waals surface area contributed by atoms with Gasteiger partial charge < -0.3 is 10.5 Å². The Hall–Kier alpha value is -1.58. The smallest absolute Gasteiger partial charge is 0.139 e. The Bertz CT molecular complexity index is 677. The molecule has 0 atom stereocenters. The summed E-state index contributed by atoms with van der Waals surface area (Å²) in [7, 11) is 0. The third-order valence-electron chi connectivity index (χ3n) is 3.14. The Morgan fingerprint density at radius 2 is 1.86 bits per heavy atom. The van der Waals surface area contributed by atoms with Crippen LogP contribution in [0.5, 0.6) is 11.5 Å². The van der Waals surface area contributed by atoms with Gasteiger partial charge in [-0.15, -0.1) is 0 Å². The molecule has 0 saturated heterocycles. The standard InChI is InChI=1S/C17H18ClNOS/c1-17(2,3)11-5-4-6-13(9-11)20-15-10-12(18)7-8-14(15)16(19)21/h4-10H,1-3H3,(H2,19,21). The van der Waals surface area contributed by atoms with E-state index in [4.69, 9.17) is 34.3 Å². The predicted octanol–water partition coefficient (Wildman–Crippen LogP) is 5.06. The number of hydrogen-bond donors (Lipinski definition) is 1. The van der Waals surface area contributed by atoms with Crippen LogP contribution >= 0.6 is 23.8 Å². The topological polar surface area (TPSA) is 35.2 Å². The average Bonchev–Trinajstić information content (AvgIpc) is 2.37. The van der Waals surface area contributed by atoms with Crippen LogP contribution in [0.25, 0.3) is 0 Å². The maximum atomic E-state index is 6.03. The zero-order valence-electron chi connectivity index (χ0n) is 12.3. The molecule has 0 saturated carbocycles. The first-order valence-corrected chi connectivity index (χ1v) is 7.44. The highest BCUT2D eigenvalue weighted by atomic mass is 35.5. The van der Waals surface area contributed by atoms with Crippen LogP contribution in [0.15, 0.2) is 42.5 Å². The fourth-order valence-electron chi connectivity index (χ4n) is 1.94. The monoisotopic (exact) mass is 319 g/mol. The van der Waals surface area contributed by atoms with Gasteiger partial charge in [0.15, 0.2) is 0 Å². The number of nitrogens with two attached hydrogens (primary N) is 1. The summed E-state index contributed by atoms with van der Waals surface area (Å²) in [4.78, 5) is 0.286. The first-order valence-electron chi connectivity index (χ1n) is 6.65. The van der Waals surface area contributed by atoms with E-state index in [1.165, 1.54) is 5.56 Å². The molecule has 0 spiro atoms. The number of benzene rings is 2. The lowest BCUT2D eigenvalue weighted by Gasteiger charge is -2.20. The van der Waals surface area contributed by atoms with E-state index < -0.39 is 0 Å². The van der Waals surface area contributed by atoms with Crippen molar-refractivity contribution < 1.29 is 4.74 Å². The second-order valence-corrected chi connectivity index (χ2v) is 6.76. The molecule has 2 rings (SSSR count). The summed E-state index contributed by atoms with van der Waals surface area (Å²) in [6, 6.07) is 13.2. The van der Waals surface area contributed by atoms with Crippen LogP contribution in [0, 0.1) is 0 Å². The maximum Gasteiger partial charge on any atom is 0.139 e. The van der Waals surface area contributed by atoms with E-state index in [1.807, 2.05) is 18.2 Å². The molecule has 0 unspecified atom stereocenters. The van der Waals surface area contributed by atoms with Crippen LogP contribution in [0.1, 0.15) is 31.9 Å². The molecular weight excluding hydrogens is 302 g/mol. The molecule has 0 aliphatic heterocycles. The highest BCUT2D eigenvalue weighted by Gasteiger charge is 2.15. The highest BCUT2D eigenvalue weighted by Crippen LogP contribution is 2.31. The second-order valence-electron chi connectivity index (χ2n) is 5.88. The largest absolute Gasteiger partial charge is 0.457 e. The molecule has 0 heterocycles. The van der Waals surface area contributed by atoms with Crippen molar-refractivity contribution in [2.45, 2.75) is 26.2 Å². The van der Waals surface area contributed by atoms with Gasteiger partial charge in [0.25, 0.3) is 0 Å². The van der Waals surface area contributed by atoms with Gasteiger partial charge in [-0.25, -0.2) is 0 Å². The lowest BCUT2D eigenvalue weighted by molar-refractivity contribution is 0.477. The van der Waals surface area contributed by atoms with E-state index in [2.05, 4.69) is 26.8 Å². The van der Waals surface area contributed by atoms with Gasteiger partial charge in [0.1, 0.15) is 16.5 Å². The molecule has 2 nitrogen and oxygen atoms in total. The molecule has 4 heteroatoms. The van der Waals surface area contributed by atoms with E-state index in [9.17, 15) is 0 Å². The van der Waals surface area contributed by atoms with Crippen LogP contribution in [-0.2, 0) is 5.41 Å². The minimum absolute atomic E-state index is 0.0553. The number of hydrogen-bond acceptors (Lipinski definition) is 2. The Labute approximate surface area is 135 Å². The number of halogens is 1. The van der Waals surface area contributed by atoms with E-state index >= 15 is 0 Å². The summed E-state index contributed by atoms with van der Waals surface area (Å²) in [5, 5.41) is 0.581. The van der Waals surface area contributed by atoms with Crippen molar-refractivity contribution in [1.29, 1.82) is 0 Å². The Balaban J connectivity index is 2.39. The van der Waals surface area contributed by atoms with Gasteiger partial charge in [-0.05, 0) is 35.2 Å². The first-order chi connectivity index (χ1) is 9.77. The molecule has 0 aliphatic carbocycles. The summed E-state index contributed by atoms with van der Waals surface area (Å²) in [5.74, 6) is 1.31. The van der Waals surface area contributed by atoms with Crippen molar-refractivity contribution in [3.8, 4) is 11.5 Å². The van der Waals surface area contributed by atoms with E-state index in [1.54, 1.807) is 18.2 Å². The van der Waals surface area contributed by atoms with E-state index in [0.29, 0.717) is 16.3 Å². The van der Waals surface area contributed by atoms with Crippen molar-refractivity contribution in [2.24, 2.45) is 5.73 Å². The Morgan fingerprint density at radius 3 is 2.48 bits per heavy atom. The predicted molar refractivity (Wildman–Crippen MR) is 92.6 cm³/mol. The van der Waals surface area contributed by atoms with Crippen molar-refractivity contribution >= 4 is 28.8 Å². The fourth-order valence-corrected chi connectivity index (χ4v) is 2.27. The minimum atomic E-state index is 0.0553. The Morgan fingerprint density at radius 1 is 1.14 bits per heavy atom. The lowest BCUT2D eigenvalue weighted by atomic mass is 9.87. The molecule has 0 aromatic heterocycles.